The van der Waals surface area contributed by atoms with Gasteiger partial charge in [-0.25, -0.2) is 4.99 Å². The average molecular weight is 283 g/mol. The maximum Gasteiger partial charge on any atom is 0.217 e. The zero-order chi connectivity index (χ0) is 13.8. The van der Waals surface area contributed by atoms with Crippen molar-refractivity contribution < 1.29 is 24.1 Å². The van der Waals surface area contributed by atoms with Gasteiger partial charge in [-0.15, -0.1) is 0 Å². The number of ether oxygens (including phenoxy) is 3. The number of nitrogens with one attached hydrogen (secondary N) is 1. The highest BCUT2D eigenvalue weighted by Gasteiger charge is 2.34. The van der Waals surface area contributed by atoms with Crippen molar-refractivity contribution in [2.24, 2.45) is 4.99 Å². The molecule has 1 amide bonds. The van der Waals surface area contributed by atoms with Crippen molar-refractivity contribution in [1.29, 1.82) is 0 Å². The van der Waals surface area contributed by atoms with Gasteiger partial charge in [0.1, 0.15) is 12.1 Å². The number of amides is 1. The number of fused-ring (bicyclic) bond motifs is 1. The average Bonchev–Trinajstić information content (AvgIpc) is 2.96. The van der Waals surface area contributed by atoms with Gasteiger partial charge in [0.25, 0.3) is 0 Å². The van der Waals surface area contributed by atoms with E-state index < -0.39 is 6.10 Å². The Kier molecular flexibility index (Phi) is 6.44. The number of carbonyl (C=O) groups is 1. The fourth-order valence-electron chi connectivity index (χ4n) is 2.18. The first kappa shape index (κ1) is 16.9. The fraction of sp³-hybridized carbons (Fsp3) is 0.833. The molecule has 3 radical (unpaired) electrons. The van der Waals surface area contributed by atoms with Gasteiger partial charge >= 0.3 is 0 Å². The van der Waals surface area contributed by atoms with Gasteiger partial charge < -0.3 is 24.6 Å². The van der Waals surface area contributed by atoms with Crippen molar-refractivity contribution in [2.45, 2.75) is 38.1 Å². The minimum Gasteiger partial charge on any atom is -0.473 e. The molecule has 0 aromatic heterocycles. The van der Waals surface area contributed by atoms with E-state index in [4.69, 9.17) is 19.3 Å². The number of carbonyl (C=O) groups excluding carboxylic acids is 1. The largest absolute Gasteiger partial charge is 0.473 e. The molecule has 0 aromatic carbocycles. The van der Waals surface area contributed by atoms with Crippen LogP contribution in [0.5, 0.6) is 0 Å². The SMILES string of the molecule is CC(=O)N[C@H]1COC[C@@H]1O.CC1=N[C@H]2COC[C@H]2O1.[B]. The lowest BCUT2D eigenvalue weighted by molar-refractivity contribution is -0.120. The van der Waals surface area contributed by atoms with Crippen LogP contribution >= 0.6 is 0 Å². The van der Waals surface area contributed by atoms with Crippen molar-refractivity contribution in [1.82, 2.24) is 5.32 Å². The molecule has 3 heterocycles. The van der Waals surface area contributed by atoms with Crippen LogP contribution in [0.25, 0.3) is 0 Å². The summed E-state index contributed by atoms with van der Waals surface area (Å²) in [6, 6.07) is 0.0856. The number of nitrogens with zero attached hydrogens (tertiary/aromatic N) is 1. The van der Waals surface area contributed by atoms with E-state index in [1.807, 2.05) is 6.92 Å². The summed E-state index contributed by atoms with van der Waals surface area (Å²) in [5.74, 6) is 0.683. The second kappa shape index (κ2) is 7.61. The van der Waals surface area contributed by atoms with Crippen LogP contribution < -0.4 is 5.32 Å². The van der Waals surface area contributed by atoms with Crippen LogP contribution in [0.3, 0.4) is 0 Å². The smallest absolute Gasteiger partial charge is 0.217 e. The van der Waals surface area contributed by atoms with Gasteiger partial charge in [-0.05, 0) is 0 Å². The van der Waals surface area contributed by atoms with Crippen molar-refractivity contribution in [3.05, 3.63) is 0 Å². The molecule has 2 fully saturated rings. The van der Waals surface area contributed by atoms with E-state index in [2.05, 4.69) is 10.3 Å². The molecular formula is C12H20BN2O5. The Balaban J connectivity index is 0.000000191. The molecule has 0 spiro atoms. The van der Waals surface area contributed by atoms with Gasteiger partial charge in [0.2, 0.25) is 5.91 Å². The Morgan fingerprint density at radius 1 is 1.30 bits per heavy atom. The first-order chi connectivity index (χ1) is 9.06. The Hall–Kier alpha value is -1.12. The van der Waals surface area contributed by atoms with E-state index in [9.17, 15) is 4.79 Å². The summed E-state index contributed by atoms with van der Waals surface area (Å²) in [7, 11) is 0. The molecule has 0 aliphatic carbocycles. The van der Waals surface area contributed by atoms with Crippen LogP contribution in [0.15, 0.2) is 4.99 Å². The molecule has 8 heteroatoms. The van der Waals surface area contributed by atoms with Crippen LogP contribution in [-0.4, -0.2) is 76.0 Å². The summed E-state index contributed by atoms with van der Waals surface area (Å²) in [6.07, 6.45) is -0.311. The standard InChI is InChI=1S/C6H11NO3.C6H9NO2.B/c1-4(8)7-5-2-10-3-6(5)9;1-4-7-5-2-8-3-6(5)9-4;/h5-6,9H,2-3H2,1H3,(H,7,8);5-6H,2-3H2,1H3;/t5-,6-;5-,6+;/m00./s1. The van der Waals surface area contributed by atoms with Gasteiger partial charge in [0.05, 0.1) is 38.6 Å². The van der Waals surface area contributed by atoms with Crippen molar-refractivity contribution >= 4 is 20.2 Å². The van der Waals surface area contributed by atoms with Gasteiger partial charge in [0, 0.05) is 22.3 Å². The lowest BCUT2D eigenvalue weighted by Gasteiger charge is -2.11. The number of aliphatic hydroxyl groups is 1. The minimum atomic E-state index is -0.538. The Morgan fingerprint density at radius 3 is 2.55 bits per heavy atom. The molecule has 3 aliphatic rings. The number of hydrogen-bond acceptors (Lipinski definition) is 6. The molecule has 2 N–H and O–H groups in total. The van der Waals surface area contributed by atoms with E-state index in [1.54, 1.807) is 0 Å². The van der Waals surface area contributed by atoms with E-state index in [1.165, 1.54) is 6.92 Å². The lowest BCUT2D eigenvalue weighted by atomic mass is 10.2. The Labute approximate surface area is 120 Å². The van der Waals surface area contributed by atoms with E-state index in [0.717, 1.165) is 12.5 Å². The second-order valence-corrected chi connectivity index (χ2v) is 4.82. The third-order valence-corrected chi connectivity index (χ3v) is 3.11. The minimum absolute atomic E-state index is 0. The monoisotopic (exact) mass is 283 g/mol. The quantitative estimate of drug-likeness (QED) is 0.584. The zero-order valence-electron chi connectivity index (χ0n) is 11.7. The molecule has 0 saturated carbocycles. The molecule has 7 nitrogen and oxygen atoms in total. The Morgan fingerprint density at radius 2 is 2.00 bits per heavy atom. The van der Waals surface area contributed by atoms with Crippen molar-refractivity contribution in [3.63, 3.8) is 0 Å². The van der Waals surface area contributed by atoms with Gasteiger partial charge in [-0.1, -0.05) is 0 Å². The number of aliphatic hydroxyl groups excluding tert-OH is 1. The maximum absolute atomic E-state index is 10.5. The van der Waals surface area contributed by atoms with Gasteiger partial charge in [-0.2, -0.15) is 0 Å². The van der Waals surface area contributed by atoms with Crippen molar-refractivity contribution in [3.8, 4) is 0 Å². The summed E-state index contributed by atoms with van der Waals surface area (Å²) < 4.78 is 15.3. The van der Waals surface area contributed by atoms with Gasteiger partial charge in [0.15, 0.2) is 5.90 Å². The summed E-state index contributed by atoms with van der Waals surface area (Å²) in [4.78, 5) is 14.7. The molecule has 0 unspecified atom stereocenters. The summed E-state index contributed by atoms with van der Waals surface area (Å²) >= 11 is 0. The molecule has 0 bridgehead atoms. The summed E-state index contributed by atoms with van der Waals surface area (Å²) in [5, 5.41) is 11.7. The van der Waals surface area contributed by atoms with E-state index in [-0.39, 0.29) is 26.5 Å². The predicted molar refractivity (Wildman–Crippen MR) is 72.8 cm³/mol. The molecule has 111 valence electrons. The fourth-order valence-corrected chi connectivity index (χ4v) is 2.18. The summed E-state index contributed by atoms with van der Waals surface area (Å²) in [6.45, 7) is 5.50. The van der Waals surface area contributed by atoms with Gasteiger partial charge in [-0.3, -0.25) is 4.79 Å². The zero-order valence-corrected chi connectivity index (χ0v) is 11.7. The van der Waals surface area contributed by atoms with Crippen LogP contribution in [0.4, 0.5) is 0 Å². The number of hydrogen-bond donors (Lipinski definition) is 2. The van der Waals surface area contributed by atoms with E-state index in [0.29, 0.717) is 25.9 Å². The van der Waals surface area contributed by atoms with Crippen LogP contribution in [0.2, 0.25) is 0 Å². The van der Waals surface area contributed by atoms with Crippen LogP contribution in [-0.2, 0) is 19.0 Å². The van der Waals surface area contributed by atoms with E-state index >= 15 is 0 Å². The highest BCUT2D eigenvalue weighted by atomic mass is 16.6. The van der Waals surface area contributed by atoms with Crippen LogP contribution in [0.1, 0.15) is 13.8 Å². The molecule has 20 heavy (non-hydrogen) atoms. The van der Waals surface area contributed by atoms with Crippen LogP contribution in [0, 0.1) is 0 Å². The number of rotatable bonds is 1. The maximum atomic E-state index is 10.5. The highest BCUT2D eigenvalue weighted by molar-refractivity contribution is 5.76. The number of aliphatic imine (C=N–C) groups is 1. The predicted octanol–water partition coefficient (Wildman–Crippen LogP) is -1.30. The topological polar surface area (TPSA) is 89.4 Å². The summed E-state index contributed by atoms with van der Waals surface area (Å²) in [5.41, 5.74) is 0. The third-order valence-electron chi connectivity index (χ3n) is 3.11. The molecular weight excluding hydrogens is 263 g/mol. The molecule has 4 atom stereocenters. The highest BCUT2D eigenvalue weighted by Crippen LogP contribution is 2.19. The molecule has 3 aliphatic heterocycles. The first-order valence-corrected chi connectivity index (χ1v) is 6.38. The molecule has 0 aromatic rings. The Bertz CT molecular complexity index is 366. The lowest BCUT2D eigenvalue weighted by Crippen LogP contribution is -2.41. The molecule has 2 saturated heterocycles. The second-order valence-electron chi connectivity index (χ2n) is 4.82. The first-order valence-electron chi connectivity index (χ1n) is 6.38. The van der Waals surface area contributed by atoms with Crippen molar-refractivity contribution in [2.75, 3.05) is 26.4 Å². The molecule has 3 rings (SSSR count). The third kappa shape index (κ3) is 4.47. The normalized spacial score (nSPS) is 34.0.